The van der Waals surface area contributed by atoms with E-state index < -0.39 is 11.9 Å². The molecule has 1 aromatic carbocycles. The number of hydrogen-bond donors (Lipinski definition) is 0. The standard InChI is InChI=1S/C23H31N3O5/c1-16-19(21(27)26(24(16)4)17-9-6-5-7-10-17)14-25(22(28)20-11-8-12-29-20)13-18-15-30-23(2,3)31-18/h5-7,9-10,18,20H,8,11-15H2,1-4H3/t18-,20+/m0/s1. The fourth-order valence-corrected chi connectivity index (χ4v) is 4.30. The lowest BCUT2D eigenvalue weighted by atomic mass is 10.1. The molecule has 3 heterocycles. The first-order valence-electron chi connectivity index (χ1n) is 10.8. The van der Waals surface area contributed by atoms with E-state index in [1.54, 1.807) is 9.58 Å². The van der Waals surface area contributed by atoms with E-state index in [0.29, 0.717) is 31.7 Å². The van der Waals surface area contributed by atoms with Gasteiger partial charge < -0.3 is 19.1 Å². The Morgan fingerprint density at radius 2 is 2.00 bits per heavy atom. The number of rotatable bonds is 6. The monoisotopic (exact) mass is 429 g/mol. The van der Waals surface area contributed by atoms with Crippen molar-refractivity contribution in [3.05, 3.63) is 51.9 Å². The van der Waals surface area contributed by atoms with Gasteiger partial charge in [0.25, 0.3) is 11.5 Å². The summed E-state index contributed by atoms with van der Waals surface area (Å²) >= 11 is 0. The van der Waals surface area contributed by atoms with Crippen molar-refractivity contribution in [1.29, 1.82) is 0 Å². The smallest absolute Gasteiger partial charge is 0.276 e. The van der Waals surface area contributed by atoms with Crippen molar-refractivity contribution in [2.45, 2.75) is 58.2 Å². The van der Waals surface area contributed by atoms with Crippen LogP contribution in [0.4, 0.5) is 0 Å². The van der Waals surface area contributed by atoms with Crippen LogP contribution in [0.25, 0.3) is 5.69 Å². The van der Waals surface area contributed by atoms with Gasteiger partial charge in [-0.2, -0.15) is 0 Å². The highest BCUT2D eigenvalue weighted by atomic mass is 16.7. The molecule has 0 spiro atoms. The first-order valence-corrected chi connectivity index (χ1v) is 10.8. The molecule has 2 aliphatic rings. The van der Waals surface area contributed by atoms with Crippen LogP contribution in [0.1, 0.15) is 37.9 Å². The van der Waals surface area contributed by atoms with Gasteiger partial charge in [0.15, 0.2) is 5.79 Å². The van der Waals surface area contributed by atoms with E-state index in [1.165, 1.54) is 0 Å². The van der Waals surface area contributed by atoms with Crippen LogP contribution in [-0.2, 0) is 32.6 Å². The number of nitrogens with zero attached hydrogens (tertiary/aromatic N) is 3. The van der Waals surface area contributed by atoms with Crippen LogP contribution < -0.4 is 5.56 Å². The van der Waals surface area contributed by atoms with E-state index in [4.69, 9.17) is 14.2 Å². The van der Waals surface area contributed by atoms with Crippen LogP contribution in [0.2, 0.25) is 0 Å². The molecule has 2 aliphatic heterocycles. The second-order valence-electron chi connectivity index (χ2n) is 8.71. The molecule has 0 unspecified atom stereocenters. The molecule has 0 bridgehead atoms. The average Bonchev–Trinajstić information content (AvgIpc) is 3.44. The summed E-state index contributed by atoms with van der Waals surface area (Å²) in [7, 11) is 1.86. The maximum Gasteiger partial charge on any atom is 0.276 e. The quantitative estimate of drug-likeness (QED) is 0.703. The van der Waals surface area contributed by atoms with E-state index in [9.17, 15) is 9.59 Å². The Morgan fingerprint density at radius 3 is 2.61 bits per heavy atom. The Kier molecular flexibility index (Phi) is 6.05. The first kappa shape index (κ1) is 21.8. The minimum atomic E-state index is -0.675. The minimum absolute atomic E-state index is 0.0975. The van der Waals surface area contributed by atoms with Crippen molar-refractivity contribution < 1.29 is 19.0 Å². The van der Waals surface area contributed by atoms with Crippen LogP contribution in [0.5, 0.6) is 0 Å². The molecule has 2 aromatic rings. The van der Waals surface area contributed by atoms with Crippen LogP contribution in [0, 0.1) is 6.92 Å². The van der Waals surface area contributed by atoms with E-state index in [-0.39, 0.29) is 24.1 Å². The summed E-state index contributed by atoms with van der Waals surface area (Å²) in [6.45, 7) is 7.18. The lowest BCUT2D eigenvalue weighted by Gasteiger charge is -2.27. The number of carbonyl (C=O) groups excluding carboxylic acids is 1. The van der Waals surface area contributed by atoms with Crippen molar-refractivity contribution in [2.24, 2.45) is 7.05 Å². The Bertz CT molecular complexity index is 989. The molecular formula is C23H31N3O5. The molecule has 168 valence electrons. The van der Waals surface area contributed by atoms with Crippen molar-refractivity contribution in [1.82, 2.24) is 14.3 Å². The van der Waals surface area contributed by atoms with Crippen LogP contribution in [0.3, 0.4) is 0 Å². The highest BCUT2D eigenvalue weighted by Crippen LogP contribution is 2.25. The highest BCUT2D eigenvalue weighted by molar-refractivity contribution is 5.81. The van der Waals surface area contributed by atoms with Gasteiger partial charge in [-0.1, -0.05) is 18.2 Å². The van der Waals surface area contributed by atoms with Gasteiger partial charge in [0.1, 0.15) is 12.2 Å². The van der Waals surface area contributed by atoms with E-state index in [1.807, 2.05) is 62.8 Å². The number of para-hydroxylation sites is 1. The van der Waals surface area contributed by atoms with Gasteiger partial charge in [0, 0.05) is 25.9 Å². The Labute approximate surface area is 182 Å². The molecule has 2 fully saturated rings. The summed E-state index contributed by atoms with van der Waals surface area (Å²) < 4.78 is 20.7. The van der Waals surface area contributed by atoms with E-state index in [2.05, 4.69) is 0 Å². The number of hydrogen-bond acceptors (Lipinski definition) is 5. The largest absolute Gasteiger partial charge is 0.368 e. The molecule has 2 atom stereocenters. The zero-order chi connectivity index (χ0) is 22.2. The molecule has 4 rings (SSSR count). The van der Waals surface area contributed by atoms with Crippen LogP contribution in [-0.4, -0.2) is 57.9 Å². The molecule has 0 N–H and O–H groups in total. The summed E-state index contributed by atoms with van der Waals surface area (Å²) in [6.07, 6.45) is 0.854. The molecule has 8 heteroatoms. The molecule has 2 saturated heterocycles. The summed E-state index contributed by atoms with van der Waals surface area (Å²) in [5, 5.41) is 0. The normalized spacial score (nSPS) is 22.7. The first-order chi connectivity index (χ1) is 14.8. The molecule has 1 aromatic heterocycles. The molecule has 8 nitrogen and oxygen atoms in total. The number of amides is 1. The zero-order valence-electron chi connectivity index (χ0n) is 18.7. The van der Waals surface area contributed by atoms with Crippen molar-refractivity contribution in [2.75, 3.05) is 19.8 Å². The third-order valence-electron chi connectivity index (χ3n) is 6.03. The lowest BCUT2D eigenvalue weighted by molar-refractivity contribution is -0.151. The van der Waals surface area contributed by atoms with E-state index >= 15 is 0 Å². The van der Waals surface area contributed by atoms with Gasteiger partial charge in [-0.05, 0) is 45.7 Å². The van der Waals surface area contributed by atoms with Gasteiger partial charge in [0.05, 0.1) is 24.4 Å². The summed E-state index contributed by atoms with van der Waals surface area (Å²) in [5.41, 5.74) is 2.08. The second-order valence-corrected chi connectivity index (χ2v) is 8.71. The number of benzene rings is 1. The summed E-state index contributed by atoms with van der Waals surface area (Å²) in [5.74, 6) is -0.772. The zero-order valence-corrected chi connectivity index (χ0v) is 18.7. The SMILES string of the molecule is Cc1c(CN(C[C@H]2COC(C)(C)O2)C(=O)[C@H]2CCCO2)c(=O)n(-c2ccccc2)n1C. The van der Waals surface area contributed by atoms with Gasteiger partial charge in [-0.25, -0.2) is 4.68 Å². The number of carbonyl (C=O) groups is 1. The number of aromatic nitrogens is 2. The minimum Gasteiger partial charge on any atom is -0.368 e. The molecule has 0 radical (unpaired) electrons. The highest BCUT2D eigenvalue weighted by Gasteiger charge is 2.37. The van der Waals surface area contributed by atoms with Gasteiger partial charge >= 0.3 is 0 Å². The second kappa shape index (κ2) is 8.61. The molecule has 0 aliphatic carbocycles. The van der Waals surface area contributed by atoms with Crippen LogP contribution in [0.15, 0.2) is 35.1 Å². The van der Waals surface area contributed by atoms with Gasteiger partial charge in [0.2, 0.25) is 0 Å². The Hall–Kier alpha value is -2.42. The summed E-state index contributed by atoms with van der Waals surface area (Å²) in [6, 6.07) is 9.50. The fraction of sp³-hybridized carbons (Fsp3) is 0.565. The average molecular weight is 430 g/mol. The maximum atomic E-state index is 13.3. The maximum absolute atomic E-state index is 13.3. The van der Waals surface area contributed by atoms with Crippen molar-refractivity contribution >= 4 is 5.91 Å². The van der Waals surface area contributed by atoms with Crippen molar-refractivity contribution in [3.8, 4) is 5.69 Å². The molecule has 31 heavy (non-hydrogen) atoms. The topological polar surface area (TPSA) is 74.9 Å². The predicted molar refractivity (Wildman–Crippen MR) is 115 cm³/mol. The molecular weight excluding hydrogens is 398 g/mol. The Balaban J connectivity index is 1.63. The third kappa shape index (κ3) is 4.46. The van der Waals surface area contributed by atoms with Crippen LogP contribution >= 0.6 is 0 Å². The lowest BCUT2D eigenvalue weighted by Crippen LogP contribution is -2.44. The van der Waals surface area contributed by atoms with E-state index in [0.717, 1.165) is 17.8 Å². The summed E-state index contributed by atoms with van der Waals surface area (Å²) in [4.78, 5) is 28.3. The fourth-order valence-electron chi connectivity index (χ4n) is 4.30. The van der Waals surface area contributed by atoms with Crippen molar-refractivity contribution in [3.63, 3.8) is 0 Å². The molecule has 0 saturated carbocycles. The predicted octanol–water partition coefficient (Wildman–Crippen LogP) is 2.14. The Morgan fingerprint density at radius 1 is 1.26 bits per heavy atom. The van der Waals surface area contributed by atoms with Gasteiger partial charge in [-0.3, -0.25) is 14.3 Å². The third-order valence-corrected chi connectivity index (χ3v) is 6.03. The van der Waals surface area contributed by atoms with Gasteiger partial charge in [-0.15, -0.1) is 0 Å². The molecule has 1 amide bonds. The number of ether oxygens (including phenoxy) is 3.